The number of hydrogen-bond acceptors (Lipinski definition) is 2. The number of aromatic amines is 1. The molecule has 0 unspecified atom stereocenters. The molecule has 0 fully saturated rings. The number of H-pyrrole nitrogens is 1. The van der Waals surface area contributed by atoms with Crippen molar-refractivity contribution in [3.05, 3.63) is 24.3 Å². The van der Waals surface area contributed by atoms with Crippen molar-refractivity contribution in [2.75, 3.05) is 11.1 Å². The maximum absolute atomic E-state index is 4.54. The number of aromatic nitrogens is 2. The van der Waals surface area contributed by atoms with Gasteiger partial charge in [0.2, 0.25) is 0 Å². The van der Waals surface area contributed by atoms with Gasteiger partial charge in [-0.1, -0.05) is 53.7 Å². The smallest absolute Gasteiger partial charge is 0.166 e. The minimum Gasteiger partial charge on any atom is -0.333 e. The quantitative estimate of drug-likeness (QED) is 0.681. The third kappa shape index (κ3) is 2.80. The lowest BCUT2D eigenvalue weighted by molar-refractivity contribution is 0.496. The van der Waals surface area contributed by atoms with E-state index in [1.807, 2.05) is 18.2 Å². The number of nitrogens with one attached hydrogen (secondary N) is 1. The zero-order valence-electron chi connectivity index (χ0n) is 9.46. The molecule has 1 N–H and O–H groups in total. The van der Waals surface area contributed by atoms with Crippen LogP contribution >= 0.6 is 27.7 Å². The van der Waals surface area contributed by atoms with Crippen LogP contribution in [0.4, 0.5) is 0 Å². The average molecular weight is 299 g/mol. The van der Waals surface area contributed by atoms with E-state index in [-0.39, 0.29) is 0 Å². The van der Waals surface area contributed by atoms with Crippen molar-refractivity contribution in [1.29, 1.82) is 0 Å². The summed E-state index contributed by atoms with van der Waals surface area (Å²) in [5.74, 6) is 1.05. The second kappa shape index (κ2) is 4.80. The maximum atomic E-state index is 4.54. The fraction of sp³-hybridized carbons (Fsp3) is 0.417. The Kier molecular flexibility index (Phi) is 3.60. The molecule has 0 aliphatic heterocycles. The Labute approximate surface area is 108 Å². The van der Waals surface area contributed by atoms with Gasteiger partial charge in [-0.3, -0.25) is 0 Å². The minimum absolute atomic E-state index is 0.295. The molecule has 1 aromatic carbocycles. The summed E-state index contributed by atoms with van der Waals surface area (Å²) in [6.45, 7) is 4.49. The predicted octanol–water partition coefficient (Wildman–Crippen LogP) is 4.08. The maximum Gasteiger partial charge on any atom is 0.166 e. The molecule has 0 aliphatic rings. The number of hydrogen-bond donors (Lipinski definition) is 1. The van der Waals surface area contributed by atoms with Crippen molar-refractivity contribution in [3.63, 3.8) is 0 Å². The van der Waals surface area contributed by atoms with Gasteiger partial charge in [0.25, 0.3) is 0 Å². The third-order valence-electron chi connectivity index (χ3n) is 2.33. The van der Waals surface area contributed by atoms with Crippen LogP contribution in [-0.2, 0) is 0 Å². The topological polar surface area (TPSA) is 28.7 Å². The molecule has 0 radical (unpaired) electrons. The number of fused-ring (bicyclic) bond motifs is 1. The van der Waals surface area contributed by atoms with E-state index in [9.17, 15) is 0 Å². The molecule has 0 amide bonds. The molecule has 2 nitrogen and oxygen atoms in total. The largest absolute Gasteiger partial charge is 0.333 e. The van der Waals surface area contributed by atoms with Crippen molar-refractivity contribution >= 4 is 38.7 Å². The highest BCUT2D eigenvalue weighted by atomic mass is 79.9. The molecular weight excluding hydrogens is 284 g/mol. The van der Waals surface area contributed by atoms with E-state index in [4.69, 9.17) is 0 Å². The van der Waals surface area contributed by atoms with E-state index in [1.165, 1.54) is 0 Å². The minimum atomic E-state index is 0.295. The Morgan fingerprint density at radius 1 is 1.38 bits per heavy atom. The SMILES string of the molecule is CC(C)(CBr)CSc1nc2ccccc2[nH]1. The molecule has 0 aliphatic carbocycles. The van der Waals surface area contributed by atoms with E-state index in [1.54, 1.807) is 11.8 Å². The molecule has 1 aromatic heterocycles. The van der Waals surface area contributed by atoms with Gasteiger partial charge in [0.15, 0.2) is 5.16 Å². The summed E-state index contributed by atoms with van der Waals surface area (Å²) in [5, 5.41) is 2.02. The van der Waals surface area contributed by atoms with Crippen molar-refractivity contribution < 1.29 is 0 Å². The number of alkyl halides is 1. The Balaban J connectivity index is 2.10. The summed E-state index contributed by atoms with van der Waals surface area (Å²) in [5.41, 5.74) is 2.45. The third-order valence-corrected chi connectivity index (χ3v) is 5.24. The van der Waals surface area contributed by atoms with Gasteiger partial charge in [0.05, 0.1) is 11.0 Å². The van der Waals surface area contributed by atoms with Crippen molar-refractivity contribution in [2.24, 2.45) is 5.41 Å². The average Bonchev–Trinajstić information content (AvgIpc) is 2.69. The van der Waals surface area contributed by atoms with Crippen LogP contribution < -0.4 is 0 Å². The van der Waals surface area contributed by atoms with Crippen LogP contribution in [0.15, 0.2) is 29.4 Å². The molecule has 0 spiro atoms. The van der Waals surface area contributed by atoms with Crippen molar-refractivity contribution in [1.82, 2.24) is 9.97 Å². The summed E-state index contributed by atoms with van der Waals surface area (Å²) >= 11 is 5.32. The molecule has 4 heteroatoms. The van der Waals surface area contributed by atoms with Gasteiger partial charge < -0.3 is 4.98 Å². The molecule has 16 heavy (non-hydrogen) atoms. The van der Waals surface area contributed by atoms with E-state index >= 15 is 0 Å². The standard InChI is InChI=1S/C12H15BrN2S/c1-12(2,7-13)8-16-11-14-9-5-3-4-6-10(9)15-11/h3-6H,7-8H2,1-2H3,(H,14,15). The molecule has 1 heterocycles. The van der Waals surface area contributed by atoms with Gasteiger partial charge in [-0.2, -0.15) is 0 Å². The van der Waals surface area contributed by atoms with Crippen LogP contribution in [0.3, 0.4) is 0 Å². The first-order chi connectivity index (χ1) is 7.61. The second-order valence-corrected chi connectivity index (χ2v) is 6.17. The van der Waals surface area contributed by atoms with Crippen LogP contribution in [0.2, 0.25) is 0 Å². The van der Waals surface area contributed by atoms with Crippen LogP contribution in [0.1, 0.15) is 13.8 Å². The lowest BCUT2D eigenvalue weighted by Gasteiger charge is -2.19. The lowest BCUT2D eigenvalue weighted by Crippen LogP contribution is -2.16. The molecule has 0 saturated heterocycles. The van der Waals surface area contributed by atoms with Crippen molar-refractivity contribution in [2.45, 2.75) is 19.0 Å². The molecule has 0 atom stereocenters. The molecule has 2 rings (SSSR count). The fourth-order valence-corrected chi connectivity index (χ4v) is 2.74. The second-order valence-electron chi connectivity index (χ2n) is 4.65. The molecule has 86 valence electrons. The fourth-order valence-electron chi connectivity index (χ4n) is 1.30. The first-order valence-corrected chi connectivity index (χ1v) is 7.35. The highest BCUT2D eigenvalue weighted by molar-refractivity contribution is 9.09. The highest BCUT2D eigenvalue weighted by Crippen LogP contribution is 2.28. The first kappa shape index (κ1) is 12.0. The first-order valence-electron chi connectivity index (χ1n) is 5.24. The predicted molar refractivity (Wildman–Crippen MR) is 74.4 cm³/mol. The van der Waals surface area contributed by atoms with Crippen molar-refractivity contribution in [3.8, 4) is 0 Å². The van der Waals surface area contributed by atoms with Crippen LogP contribution in [-0.4, -0.2) is 21.1 Å². The van der Waals surface area contributed by atoms with E-state index in [2.05, 4.69) is 45.8 Å². The number of benzene rings is 1. The Morgan fingerprint density at radius 2 is 2.12 bits per heavy atom. The number of imidazole rings is 1. The van der Waals surface area contributed by atoms with E-state index in [0.29, 0.717) is 5.41 Å². The van der Waals surface area contributed by atoms with Gasteiger partial charge in [-0.15, -0.1) is 0 Å². The number of para-hydroxylation sites is 2. The zero-order valence-corrected chi connectivity index (χ0v) is 11.9. The summed E-state index contributed by atoms with van der Waals surface area (Å²) in [4.78, 5) is 7.87. The highest BCUT2D eigenvalue weighted by Gasteiger charge is 2.17. The van der Waals surface area contributed by atoms with Crippen LogP contribution in [0, 0.1) is 5.41 Å². The van der Waals surface area contributed by atoms with Crippen LogP contribution in [0.25, 0.3) is 11.0 Å². The number of nitrogens with zero attached hydrogens (tertiary/aromatic N) is 1. The van der Waals surface area contributed by atoms with E-state index < -0.39 is 0 Å². The molecule has 0 saturated carbocycles. The Morgan fingerprint density at radius 3 is 2.81 bits per heavy atom. The summed E-state index contributed by atoms with van der Waals surface area (Å²) in [6.07, 6.45) is 0. The lowest BCUT2D eigenvalue weighted by atomic mass is 10.0. The van der Waals surface area contributed by atoms with Gasteiger partial charge in [0.1, 0.15) is 0 Å². The Bertz CT molecular complexity index is 446. The zero-order chi connectivity index (χ0) is 11.6. The number of thioether (sulfide) groups is 1. The normalized spacial score (nSPS) is 12.2. The summed E-state index contributed by atoms with van der Waals surface area (Å²) in [6, 6.07) is 8.13. The van der Waals surface area contributed by atoms with Gasteiger partial charge in [0, 0.05) is 11.1 Å². The van der Waals surface area contributed by atoms with E-state index in [0.717, 1.165) is 27.3 Å². The van der Waals surface area contributed by atoms with Gasteiger partial charge in [-0.25, -0.2) is 4.98 Å². The number of halogens is 1. The summed E-state index contributed by atoms with van der Waals surface area (Å²) in [7, 11) is 0. The van der Waals surface area contributed by atoms with Crippen LogP contribution in [0.5, 0.6) is 0 Å². The van der Waals surface area contributed by atoms with Gasteiger partial charge in [-0.05, 0) is 17.5 Å². The monoisotopic (exact) mass is 298 g/mol. The molecular formula is C12H15BrN2S. The number of rotatable bonds is 4. The molecule has 2 aromatic rings. The summed E-state index contributed by atoms with van der Waals surface area (Å²) < 4.78 is 0. The van der Waals surface area contributed by atoms with Gasteiger partial charge >= 0.3 is 0 Å². The molecule has 0 bridgehead atoms. The Hall–Kier alpha value is -0.480.